The standard InChI is InChI=1S/C13H16F3N3O3S/c1-7(10-18-9(6-23-10)13(14,15)16)17-12(22)19-4-2-8(3-5-19)11(20)21/h6-8H,2-5H2,1H3,(H,17,22)(H,20,21). The number of rotatable bonds is 3. The number of nitrogens with one attached hydrogen (secondary N) is 1. The summed E-state index contributed by atoms with van der Waals surface area (Å²) in [5, 5.41) is 12.6. The van der Waals surface area contributed by atoms with Crippen LogP contribution in [0.25, 0.3) is 0 Å². The van der Waals surface area contributed by atoms with E-state index in [-0.39, 0.29) is 5.01 Å². The van der Waals surface area contributed by atoms with Gasteiger partial charge in [0.1, 0.15) is 5.01 Å². The van der Waals surface area contributed by atoms with E-state index in [2.05, 4.69) is 10.3 Å². The molecular formula is C13H16F3N3O3S. The predicted molar refractivity (Wildman–Crippen MR) is 76.0 cm³/mol. The smallest absolute Gasteiger partial charge is 0.434 e. The van der Waals surface area contributed by atoms with E-state index in [1.54, 1.807) is 6.92 Å². The maximum atomic E-state index is 12.5. The fraction of sp³-hybridized carbons (Fsp3) is 0.615. The first-order valence-corrected chi connectivity index (χ1v) is 7.87. The zero-order valence-electron chi connectivity index (χ0n) is 12.3. The molecule has 1 saturated heterocycles. The molecule has 23 heavy (non-hydrogen) atoms. The average Bonchev–Trinajstić information content (AvgIpc) is 2.97. The number of urea groups is 1. The van der Waals surface area contributed by atoms with Gasteiger partial charge in [-0.05, 0) is 19.8 Å². The van der Waals surface area contributed by atoms with Crippen LogP contribution in [-0.2, 0) is 11.0 Å². The third-order valence-corrected chi connectivity index (χ3v) is 4.68. The van der Waals surface area contributed by atoms with Crippen molar-refractivity contribution in [1.82, 2.24) is 15.2 Å². The van der Waals surface area contributed by atoms with Crippen molar-refractivity contribution in [3.05, 3.63) is 16.1 Å². The van der Waals surface area contributed by atoms with E-state index in [9.17, 15) is 22.8 Å². The highest BCUT2D eigenvalue weighted by atomic mass is 32.1. The van der Waals surface area contributed by atoms with Crippen LogP contribution >= 0.6 is 11.3 Å². The van der Waals surface area contributed by atoms with Gasteiger partial charge in [0.25, 0.3) is 0 Å². The van der Waals surface area contributed by atoms with E-state index in [4.69, 9.17) is 5.11 Å². The van der Waals surface area contributed by atoms with Gasteiger partial charge in [-0.25, -0.2) is 9.78 Å². The fourth-order valence-corrected chi connectivity index (χ4v) is 3.12. The van der Waals surface area contributed by atoms with Crippen LogP contribution in [0, 0.1) is 5.92 Å². The van der Waals surface area contributed by atoms with E-state index in [0.29, 0.717) is 25.9 Å². The number of carbonyl (C=O) groups is 2. The number of likely N-dealkylation sites (tertiary alicyclic amines) is 1. The molecule has 1 aromatic heterocycles. The third-order valence-electron chi connectivity index (χ3n) is 3.65. The molecule has 0 saturated carbocycles. The van der Waals surface area contributed by atoms with Gasteiger partial charge < -0.3 is 15.3 Å². The van der Waals surface area contributed by atoms with Crippen molar-refractivity contribution in [1.29, 1.82) is 0 Å². The number of halogens is 3. The number of aliphatic carboxylic acids is 1. The molecule has 1 aliphatic rings. The molecule has 1 unspecified atom stereocenters. The number of aromatic nitrogens is 1. The molecule has 2 rings (SSSR count). The average molecular weight is 351 g/mol. The van der Waals surface area contributed by atoms with Gasteiger partial charge >= 0.3 is 18.2 Å². The number of hydrogen-bond acceptors (Lipinski definition) is 4. The van der Waals surface area contributed by atoms with Crippen LogP contribution in [0.4, 0.5) is 18.0 Å². The molecule has 2 N–H and O–H groups in total. The second-order valence-electron chi connectivity index (χ2n) is 5.34. The largest absolute Gasteiger partial charge is 0.481 e. The molecule has 1 fully saturated rings. The summed E-state index contributed by atoms with van der Waals surface area (Å²) in [6, 6.07) is -1.08. The van der Waals surface area contributed by atoms with Crippen molar-refractivity contribution in [2.24, 2.45) is 5.92 Å². The lowest BCUT2D eigenvalue weighted by molar-refractivity contribution is -0.143. The van der Waals surface area contributed by atoms with E-state index >= 15 is 0 Å². The van der Waals surface area contributed by atoms with Crippen LogP contribution in [0.15, 0.2) is 5.38 Å². The highest BCUT2D eigenvalue weighted by Gasteiger charge is 2.34. The van der Waals surface area contributed by atoms with Gasteiger partial charge in [-0.1, -0.05) is 0 Å². The van der Waals surface area contributed by atoms with Crippen LogP contribution in [0.3, 0.4) is 0 Å². The van der Waals surface area contributed by atoms with E-state index < -0.39 is 35.8 Å². The molecular weight excluding hydrogens is 335 g/mol. The van der Waals surface area contributed by atoms with E-state index in [0.717, 1.165) is 16.7 Å². The topological polar surface area (TPSA) is 82.5 Å². The van der Waals surface area contributed by atoms with Crippen molar-refractivity contribution in [2.45, 2.75) is 32.0 Å². The summed E-state index contributed by atoms with van der Waals surface area (Å²) in [6.45, 7) is 2.17. The Labute approximate surface area is 134 Å². The van der Waals surface area contributed by atoms with Crippen LogP contribution in [0.5, 0.6) is 0 Å². The minimum atomic E-state index is -4.50. The summed E-state index contributed by atoms with van der Waals surface area (Å²) in [6.07, 6.45) is -3.77. The number of carbonyl (C=O) groups excluding carboxylic acids is 1. The molecule has 128 valence electrons. The van der Waals surface area contributed by atoms with Crippen molar-refractivity contribution in [3.63, 3.8) is 0 Å². The van der Waals surface area contributed by atoms with Gasteiger partial charge in [-0.3, -0.25) is 4.79 Å². The Morgan fingerprint density at radius 2 is 2.04 bits per heavy atom. The number of thiazole rings is 1. The van der Waals surface area contributed by atoms with Gasteiger partial charge in [-0.2, -0.15) is 13.2 Å². The molecule has 10 heteroatoms. The Morgan fingerprint density at radius 1 is 1.43 bits per heavy atom. The van der Waals surface area contributed by atoms with Crippen LogP contribution in [0.1, 0.15) is 36.5 Å². The minimum absolute atomic E-state index is 0.172. The molecule has 0 spiro atoms. The van der Waals surface area contributed by atoms with Gasteiger partial charge in [0.2, 0.25) is 0 Å². The lowest BCUT2D eigenvalue weighted by Gasteiger charge is -2.31. The Bertz CT molecular complexity index is 583. The maximum absolute atomic E-state index is 12.5. The quantitative estimate of drug-likeness (QED) is 0.877. The van der Waals surface area contributed by atoms with E-state index in [1.807, 2.05) is 0 Å². The normalized spacial score (nSPS) is 17.8. The summed E-state index contributed by atoms with van der Waals surface area (Å²) in [5.74, 6) is -1.33. The van der Waals surface area contributed by atoms with Crippen molar-refractivity contribution >= 4 is 23.3 Å². The maximum Gasteiger partial charge on any atom is 0.434 e. The van der Waals surface area contributed by atoms with Gasteiger partial charge in [-0.15, -0.1) is 11.3 Å². The van der Waals surface area contributed by atoms with Crippen molar-refractivity contribution in [3.8, 4) is 0 Å². The summed E-state index contributed by atoms with van der Waals surface area (Å²) < 4.78 is 37.6. The Hall–Kier alpha value is -1.84. The number of alkyl halides is 3. The van der Waals surface area contributed by atoms with Crippen molar-refractivity contribution < 1.29 is 27.9 Å². The zero-order valence-corrected chi connectivity index (χ0v) is 13.1. The zero-order chi connectivity index (χ0) is 17.2. The lowest BCUT2D eigenvalue weighted by Crippen LogP contribution is -2.46. The van der Waals surface area contributed by atoms with Crippen LogP contribution in [0.2, 0.25) is 0 Å². The second-order valence-corrected chi connectivity index (χ2v) is 6.23. The number of nitrogens with zero attached hydrogens (tertiary/aromatic N) is 2. The Kier molecular flexibility index (Phi) is 5.12. The lowest BCUT2D eigenvalue weighted by atomic mass is 9.97. The summed E-state index contributed by atoms with van der Waals surface area (Å²) in [5.41, 5.74) is -0.971. The molecule has 6 nitrogen and oxygen atoms in total. The molecule has 1 aliphatic heterocycles. The number of carboxylic acids is 1. The molecule has 0 aliphatic carbocycles. The first-order chi connectivity index (χ1) is 10.7. The van der Waals surface area contributed by atoms with E-state index in [1.165, 1.54) is 4.90 Å². The van der Waals surface area contributed by atoms with Gasteiger partial charge in [0, 0.05) is 18.5 Å². The minimum Gasteiger partial charge on any atom is -0.481 e. The fourth-order valence-electron chi connectivity index (χ4n) is 2.28. The van der Waals surface area contributed by atoms with Gasteiger partial charge in [0.15, 0.2) is 5.69 Å². The molecule has 1 atom stereocenters. The highest BCUT2D eigenvalue weighted by Crippen LogP contribution is 2.31. The number of carboxylic acid groups (broad SMARTS) is 1. The molecule has 2 heterocycles. The molecule has 0 radical (unpaired) electrons. The van der Waals surface area contributed by atoms with Crippen LogP contribution in [-0.4, -0.2) is 40.1 Å². The third kappa shape index (κ3) is 4.34. The molecule has 1 aromatic rings. The molecule has 2 amide bonds. The second kappa shape index (κ2) is 6.73. The molecule has 0 bridgehead atoms. The number of piperidine rings is 1. The first kappa shape index (κ1) is 17.5. The summed E-state index contributed by atoms with van der Waals surface area (Å²) in [7, 11) is 0. The predicted octanol–water partition coefficient (Wildman–Crippen LogP) is 2.73. The molecule has 0 aromatic carbocycles. The highest BCUT2D eigenvalue weighted by molar-refractivity contribution is 7.09. The van der Waals surface area contributed by atoms with Crippen molar-refractivity contribution in [2.75, 3.05) is 13.1 Å². The number of amides is 2. The Morgan fingerprint density at radius 3 is 2.52 bits per heavy atom. The number of hydrogen-bond donors (Lipinski definition) is 2. The monoisotopic (exact) mass is 351 g/mol. The Balaban J connectivity index is 1.90. The van der Waals surface area contributed by atoms with Crippen LogP contribution < -0.4 is 5.32 Å². The summed E-state index contributed by atoms with van der Waals surface area (Å²) in [4.78, 5) is 27.9. The van der Waals surface area contributed by atoms with Gasteiger partial charge in [0.05, 0.1) is 12.0 Å². The first-order valence-electron chi connectivity index (χ1n) is 6.99. The SMILES string of the molecule is CC(NC(=O)N1CCC(C(=O)O)CC1)c1nc(C(F)(F)F)cs1. The summed E-state index contributed by atoms with van der Waals surface area (Å²) >= 11 is 0.835.